The Bertz CT molecular complexity index is 987. The highest BCUT2D eigenvalue weighted by molar-refractivity contribution is 14.1. The molecule has 0 saturated carbocycles. The summed E-state index contributed by atoms with van der Waals surface area (Å²) in [7, 11) is 1.34. The van der Waals surface area contributed by atoms with Gasteiger partial charge in [-0.15, -0.1) is 0 Å². The number of carbonyl (C=O) groups excluding carboxylic acids is 1. The third kappa shape index (κ3) is 3.70. The average Bonchev–Trinajstić information content (AvgIpc) is 2.97. The smallest absolute Gasteiger partial charge is 0.363 e. The van der Waals surface area contributed by atoms with Gasteiger partial charge in [-0.05, 0) is 58.5 Å². The third-order valence-corrected chi connectivity index (χ3v) is 4.48. The number of nitro groups is 1. The van der Waals surface area contributed by atoms with Gasteiger partial charge in [0.05, 0.1) is 22.6 Å². The number of carbonyl (C=O) groups is 1. The molecule has 0 spiro atoms. The van der Waals surface area contributed by atoms with Crippen molar-refractivity contribution in [2.24, 2.45) is 4.99 Å². The number of benzene rings is 2. The predicted molar refractivity (Wildman–Crippen MR) is 104 cm³/mol. The van der Waals surface area contributed by atoms with Crippen molar-refractivity contribution in [1.29, 1.82) is 0 Å². The Labute approximate surface area is 166 Å². The molecular weight excluding hydrogens is 475 g/mol. The topological polar surface area (TPSA) is 91.0 Å². The second-order valence-corrected chi connectivity index (χ2v) is 6.80. The zero-order valence-corrected chi connectivity index (χ0v) is 16.1. The number of halogens is 2. The maximum absolute atomic E-state index is 12.1. The molecule has 0 aliphatic carbocycles. The van der Waals surface area contributed by atoms with Gasteiger partial charge in [0.15, 0.2) is 11.4 Å². The molecule has 1 aliphatic heterocycles. The molecule has 9 heteroatoms. The standard InChI is InChI=1S/C17H10ClIN2O5/c1-25-15-5-2-9(7-14(15)21(23)24)6-13-17(22)26-16(20-13)11-8-10(19)3-4-12(11)18/h2-8H,1H3/b13-6-. The molecule has 0 bridgehead atoms. The molecule has 0 unspecified atom stereocenters. The van der Waals surface area contributed by atoms with Gasteiger partial charge in [0.1, 0.15) is 0 Å². The Morgan fingerprint density at radius 1 is 1.31 bits per heavy atom. The summed E-state index contributed by atoms with van der Waals surface area (Å²) >= 11 is 8.25. The van der Waals surface area contributed by atoms with Gasteiger partial charge in [0.2, 0.25) is 5.90 Å². The summed E-state index contributed by atoms with van der Waals surface area (Å²) in [6, 6.07) is 9.58. The summed E-state index contributed by atoms with van der Waals surface area (Å²) in [6.07, 6.45) is 1.41. The van der Waals surface area contributed by atoms with Crippen molar-refractivity contribution < 1.29 is 19.2 Å². The number of cyclic esters (lactones) is 1. The van der Waals surface area contributed by atoms with Crippen LogP contribution in [-0.2, 0) is 9.53 Å². The highest BCUT2D eigenvalue weighted by Crippen LogP contribution is 2.30. The van der Waals surface area contributed by atoms with Crippen LogP contribution in [-0.4, -0.2) is 23.9 Å². The molecule has 0 N–H and O–H groups in total. The van der Waals surface area contributed by atoms with Crippen LogP contribution in [0.25, 0.3) is 6.08 Å². The lowest BCUT2D eigenvalue weighted by atomic mass is 10.1. The zero-order chi connectivity index (χ0) is 18.8. The summed E-state index contributed by atoms with van der Waals surface area (Å²) in [6.45, 7) is 0. The van der Waals surface area contributed by atoms with Gasteiger partial charge in [-0.25, -0.2) is 9.79 Å². The van der Waals surface area contributed by atoms with E-state index in [0.29, 0.717) is 16.1 Å². The second kappa shape index (κ2) is 7.42. The lowest BCUT2D eigenvalue weighted by molar-refractivity contribution is -0.385. The number of methoxy groups -OCH3 is 1. The molecule has 0 radical (unpaired) electrons. The summed E-state index contributed by atoms with van der Waals surface area (Å²) in [5.41, 5.74) is 0.728. The highest BCUT2D eigenvalue weighted by Gasteiger charge is 2.26. The van der Waals surface area contributed by atoms with Crippen molar-refractivity contribution in [1.82, 2.24) is 0 Å². The first-order chi connectivity index (χ1) is 12.4. The first-order valence-electron chi connectivity index (χ1n) is 7.19. The molecule has 0 atom stereocenters. The van der Waals surface area contributed by atoms with E-state index in [2.05, 4.69) is 27.6 Å². The Kier molecular flexibility index (Phi) is 5.23. The van der Waals surface area contributed by atoms with Crippen molar-refractivity contribution in [3.05, 3.63) is 71.9 Å². The predicted octanol–water partition coefficient (Wildman–Crippen LogP) is 4.21. The second-order valence-electron chi connectivity index (χ2n) is 5.15. The lowest BCUT2D eigenvalue weighted by Crippen LogP contribution is -2.06. The minimum atomic E-state index is -0.659. The van der Waals surface area contributed by atoms with Gasteiger partial charge in [0.25, 0.3) is 0 Å². The Morgan fingerprint density at radius 2 is 2.08 bits per heavy atom. The molecule has 26 heavy (non-hydrogen) atoms. The molecule has 2 aromatic rings. The normalized spacial score (nSPS) is 15.0. The quantitative estimate of drug-likeness (QED) is 0.213. The number of nitrogens with zero attached hydrogens (tertiary/aromatic N) is 2. The Balaban J connectivity index is 2.00. The molecule has 3 rings (SSSR count). The number of ether oxygens (including phenoxy) is 2. The molecule has 132 valence electrons. The molecule has 7 nitrogen and oxygen atoms in total. The van der Waals surface area contributed by atoms with Crippen molar-refractivity contribution in [3.63, 3.8) is 0 Å². The molecule has 0 saturated heterocycles. The van der Waals surface area contributed by atoms with Gasteiger partial charge >= 0.3 is 11.7 Å². The van der Waals surface area contributed by atoms with Crippen LogP contribution in [0.5, 0.6) is 5.75 Å². The Morgan fingerprint density at radius 3 is 2.77 bits per heavy atom. The number of rotatable bonds is 4. The van der Waals surface area contributed by atoms with Gasteiger partial charge in [-0.2, -0.15) is 0 Å². The minimum Gasteiger partial charge on any atom is -0.490 e. The van der Waals surface area contributed by atoms with E-state index < -0.39 is 10.9 Å². The molecule has 1 aliphatic rings. The van der Waals surface area contributed by atoms with E-state index in [9.17, 15) is 14.9 Å². The van der Waals surface area contributed by atoms with Crippen molar-refractivity contribution >= 4 is 57.8 Å². The summed E-state index contributed by atoms with van der Waals surface area (Å²) in [4.78, 5) is 26.8. The van der Waals surface area contributed by atoms with Crippen molar-refractivity contribution in [2.45, 2.75) is 0 Å². The number of hydrogen-bond acceptors (Lipinski definition) is 6. The van der Waals surface area contributed by atoms with Gasteiger partial charge in [-0.1, -0.05) is 17.7 Å². The summed E-state index contributed by atoms with van der Waals surface area (Å²) in [5, 5.41) is 11.5. The van der Waals surface area contributed by atoms with Gasteiger partial charge < -0.3 is 9.47 Å². The van der Waals surface area contributed by atoms with Crippen LogP contribution in [0.4, 0.5) is 5.69 Å². The van der Waals surface area contributed by atoms with Crippen LogP contribution in [0.15, 0.2) is 47.1 Å². The first kappa shape index (κ1) is 18.3. The van der Waals surface area contributed by atoms with Crippen molar-refractivity contribution in [3.8, 4) is 5.75 Å². The van der Waals surface area contributed by atoms with Crippen molar-refractivity contribution in [2.75, 3.05) is 7.11 Å². The maximum Gasteiger partial charge on any atom is 0.363 e. The fourth-order valence-corrected chi connectivity index (χ4v) is 2.97. The third-order valence-electron chi connectivity index (χ3n) is 3.48. The number of nitro benzene ring substituents is 1. The minimum absolute atomic E-state index is 0.0226. The largest absolute Gasteiger partial charge is 0.490 e. The number of aliphatic imine (C=N–C) groups is 1. The molecule has 0 aromatic heterocycles. The van der Waals surface area contributed by atoms with Crippen LogP contribution in [0.1, 0.15) is 11.1 Å². The SMILES string of the molecule is COc1ccc(/C=C2\N=C(c3cc(I)ccc3Cl)OC2=O)cc1[N+](=O)[O-]. The molecule has 0 fully saturated rings. The van der Waals surface area contributed by atoms with Gasteiger partial charge in [0, 0.05) is 9.64 Å². The summed E-state index contributed by atoms with van der Waals surface area (Å²) < 4.78 is 11.0. The molecule has 2 aromatic carbocycles. The zero-order valence-electron chi connectivity index (χ0n) is 13.2. The first-order valence-corrected chi connectivity index (χ1v) is 8.65. The number of hydrogen-bond donors (Lipinski definition) is 0. The van der Waals surface area contributed by atoms with Crippen LogP contribution >= 0.6 is 34.2 Å². The van der Waals surface area contributed by atoms with E-state index in [1.807, 2.05) is 6.07 Å². The Hall–Kier alpha value is -2.46. The maximum atomic E-state index is 12.1. The average molecular weight is 485 g/mol. The number of esters is 1. The van der Waals surface area contributed by atoms with E-state index in [1.165, 1.54) is 25.3 Å². The fourth-order valence-electron chi connectivity index (χ4n) is 2.28. The van der Waals surface area contributed by atoms with Crippen LogP contribution < -0.4 is 4.74 Å². The molecule has 1 heterocycles. The van der Waals surface area contributed by atoms with Gasteiger partial charge in [-0.3, -0.25) is 10.1 Å². The lowest BCUT2D eigenvalue weighted by Gasteiger charge is -2.02. The van der Waals surface area contributed by atoms with Crippen LogP contribution in [0.2, 0.25) is 5.02 Å². The highest BCUT2D eigenvalue weighted by atomic mass is 127. The monoisotopic (exact) mass is 484 g/mol. The van der Waals surface area contributed by atoms with E-state index in [-0.39, 0.29) is 23.0 Å². The van der Waals surface area contributed by atoms with Crippen LogP contribution in [0, 0.1) is 13.7 Å². The van der Waals surface area contributed by atoms with E-state index >= 15 is 0 Å². The summed E-state index contributed by atoms with van der Waals surface area (Å²) in [5.74, 6) is -0.442. The van der Waals surface area contributed by atoms with E-state index in [0.717, 1.165) is 3.57 Å². The molecule has 0 amide bonds. The van der Waals surface area contributed by atoms with Crippen LogP contribution in [0.3, 0.4) is 0 Å². The van der Waals surface area contributed by atoms with E-state index in [1.54, 1.807) is 18.2 Å². The fraction of sp³-hybridized carbons (Fsp3) is 0.0588. The van der Waals surface area contributed by atoms with E-state index in [4.69, 9.17) is 21.1 Å². The molecular formula is C17H10ClIN2O5.